The van der Waals surface area contributed by atoms with Crippen LogP contribution in [0.1, 0.15) is 42.3 Å². The molecule has 0 saturated carbocycles. The Labute approximate surface area is 151 Å². The van der Waals surface area contributed by atoms with Gasteiger partial charge in [0.1, 0.15) is 0 Å². The summed E-state index contributed by atoms with van der Waals surface area (Å²) in [6.07, 6.45) is 0. The number of nitrogens with zero attached hydrogens (tertiary/aromatic N) is 2. The predicted molar refractivity (Wildman–Crippen MR) is 101 cm³/mol. The van der Waals surface area contributed by atoms with E-state index in [0.29, 0.717) is 18.7 Å². The van der Waals surface area contributed by atoms with E-state index >= 15 is 0 Å². The molecule has 0 fully saturated rings. The first-order valence-electron chi connectivity index (χ1n) is 9.00. The zero-order chi connectivity index (χ0) is 19.0. The summed E-state index contributed by atoms with van der Waals surface area (Å²) in [4.78, 5) is 28.8. The van der Waals surface area contributed by atoms with Crippen LogP contribution in [-0.4, -0.2) is 61.5 Å². The second-order valence-electron chi connectivity index (χ2n) is 6.50. The highest BCUT2D eigenvalue weighted by Gasteiger charge is 2.23. The number of methoxy groups -OCH3 is 1. The van der Waals surface area contributed by atoms with Gasteiger partial charge in [-0.1, -0.05) is 26.8 Å². The minimum absolute atomic E-state index is 0.0361. The average Bonchev–Trinajstić information content (AvgIpc) is 2.62. The van der Waals surface area contributed by atoms with Crippen LogP contribution >= 0.6 is 0 Å². The molecule has 0 bridgehead atoms. The fourth-order valence-corrected chi connectivity index (χ4v) is 2.74. The molecule has 0 N–H and O–H groups in total. The van der Waals surface area contributed by atoms with Crippen LogP contribution in [0.3, 0.4) is 0 Å². The lowest BCUT2D eigenvalue weighted by atomic mass is 10.0. The summed E-state index contributed by atoms with van der Waals surface area (Å²) in [6.45, 7) is 13.7. The predicted octanol–water partition coefficient (Wildman–Crippen LogP) is 2.90. The molecule has 0 aliphatic rings. The Kier molecular flexibility index (Phi) is 8.62. The van der Waals surface area contributed by atoms with E-state index in [1.165, 1.54) is 7.11 Å². The number of likely N-dealkylation sites (N-methyl/N-ethyl adjacent to an activating group) is 1. The van der Waals surface area contributed by atoms with Crippen molar-refractivity contribution in [1.82, 2.24) is 9.80 Å². The number of hydrogen-bond donors (Lipinski definition) is 0. The molecule has 1 unspecified atom stereocenters. The van der Waals surface area contributed by atoms with Crippen molar-refractivity contribution < 1.29 is 14.3 Å². The third kappa shape index (κ3) is 6.16. The van der Waals surface area contributed by atoms with E-state index in [2.05, 4.69) is 18.7 Å². The van der Waals surface area contributed by atoms with Crippen molar-refractivity contribution in [2.75, 3.05) is 39.8 Å². The molecule has 5 heteroatoms. The molecular weight excluding hydrogens is 316 g/mol. The number of aryl methyl sites for hydroxylation is 2. The van der Waals surface area contributed by atoms with E-state index < -0.39 is 0 Å². The summed E-state index contributed by atoms with van der Waals surface area (Å²) in [5, 5.41) is 0. The number of hydrogen-bond acceptors (Lipinski definition) is 4. The van der Waals surface area contributed by atoms with E-state index in [9.17, 15) is 9.59 Å². The van der Waals surface area contributed by atoms with Crippen LogP contribution in [0.4, 0.5) is 0 Å². The van der Waals surface area contributed by atoms with Gasteiger partial charge in [-0.05, 0) is 50.2 Å². The highest BCUT2D eigenvalue weighted by Crippen LogP contribution is 2.14. The van der Waals surface area contributed by atoms with Gasteiger partial charge in [0.2, 0.25) is 0 Å². The maximum Gasteiger partial charge on any atom is 0.310 e. The molecule has 25 heavy (non-hydrogen) atoms. The SMILES string of the molecule is CCN(CC)CCN(CC(C)C(=O)OC)C(=O)c1ccc(C)c(C)c1. The zero-order valence-electron chi connectivity index (χ0n) is 16.5. The van der Waals surface area contributed by atoms with Crippen LogP contribution in [0.2, 0.25) is 0 Å². The summed E-state index contributed by atoms with van der Waals surface area (Å²) in [6, 6.07) is 5.75. The molecule has 1 aromatic rings. The van der Waals surface area contributed by atoms with Gasteiger partial charge in [0.25, 0.3) is 5.91 Å². The maximum absolute atomic E-state index is 13.0. The highest BCUT2D eigenvalue weighted by atomic mass is 16.5. The fourth-order valence-electron chi connectivity index (χ4n) is 2.74. The monoisotopic (exact) mass is 348 g/mol. The number of benzene rings is 1. The van der Waals surface area contributed by atoms with Crippen molar-refractivity contribution in [2.24, 2.45) is 5.92 Å². The van der Waals surface area contributed by atoms with Gasteiger partial charge < -0.3 is 14.5 Å². The summed E-state index contributed by atoms with van der Waals surface area (Å²) in [5.74, 6) is -0.677. The van der Waals surface area contributed by atoms with Gasteiger partial charge in [-0.15, -0.1) is 0 Å². The van der Waals surface area contributed by atoms with Gasteiger partial charge in [0.15, 0.2) is 0 Å². The van der Waals surface area contributed by atoms with Crippen molar-refractivity contribution in [3.05, 3.63) is 34.9 Å². The molecule has 0 aliphatic carbocycles. The Balaban J connectivity index is 2.96. The summed E-state index contributed by atoms with van der Waals surface area (Å²) >= 11 is 0. The molecule has 0 aromatic heterocycles. The summed E-state index contributed by atoms with van der Waals surface area (Å²) < 4.78 is 4.81. The normalized spacial score (nSPS) is 12.1. The van der Waals surface area contributed by atoms with Gasteiger partial charge in [0.05, 0.1) is 13.0 Å². The van der Waals surface area contributed by atoms with Crippen LogP contribution < -0.4 is 0 Å². The number of esters is 1. The first kappa shape index (κ1) is 21.2. The summed E-state index contributed by atoms with van der Waals surface area (Å²) in [5.41, 5.74) is 2.92. The highest BCUT2D eigenvalue weighted by molar-refractivity contribution is 5.94. The number of ether oxygens (including phenoxy) is 1. The lowest BCUT2D eigenvalue weighted by molar-refractivity contribution is -0.145. The average molecular weight is 348 g/mol. The number of amides is 1. The summed E-state index contributed by atoms with van der Waals surface area (Å²) in [7, 11) is 1.38. The third-order valence-corrected chi connectivity index (χ3v) is 4.72. The van der Waals surface area contributed by atoms with Crippen LogP contribution in [0.25, 0.3) is 0 Å². The number of rotatable bonds is 9. The molecule has 1 amide bonds. The Bertz CT molecular complexity index is 582. The molecule has 0 heterocycles. The topological polar surface area (TPSA) is 49.9 Å². The molecule has 1 aromatic carbocycles. The van der Waals surface area contributed by atoms with Crippen LogP contribution in [0.5, 0.6) is 0 Å². The second kappa shape index (κ2) is 10.2. The zero-order valence-corrected chi connectivity index (χ0v) is 16.5. The first-order valence-corrected chi connectivity index (χ1v) is 9.00. The maximum atomic E-state index is 13.0. The van der Waals surface area contributed by atoms with E-state index in [1.807, 2.05) is 32.0 Å². The first-order chi connectivity index (χ1) is 11.8. The fraction of sp³-hybridized carbons (Fsp3) is 0.600. The Morgan fingerprint density at radius 1 is 1.08 bits per heavy atom. The third-order valence-electron chi connectivity index (χ3n) is 4.72. The van der Waals surface area contributed by atoms with Gasteiger partial charge in [-0.2, -0.15) is 0 Å². The van der Waals surface area contributed by atoms with E-state index in [1.54, 1.807) is 11.8 Å². The van der Waals surface area contributed by atoms with E-state index in [0.717, 1.165) is 30.8 Å². The molecule has 0 radical (unpaired) electrons. The molecule has 0 saturated heterocycles. The van der Waals surface area contributed by atoms with Crippen molar-refractivity contribution in [3.8, 4) is 0 Å². The molecule has 1 rings (SSSR count). The van der Waals surface area contributed by atoms with Crippen molar-refractivity contribution in [3.63, 3.8) is 0 Å². The quantitative estimate of drug-likeness (QED) is 0.644. The molecule has 0 spiro atoms. The van der Waals surface area contributed by atoms with Crippen molar-refractivity contribution in [2.45, 2.75) is 34.6 Å². The van der Waals surface area contributed by atoms with Gasteiger partial charge >= 0.3 is 5.97 Å². The molecular formula is C20H32N2O3. The lowest BCUT2D eigenvalue weighted by Crippen LogP contribution is -2.42. The Morgan fingerprint density at radius 3 is 2.24 bits per heavy atom. The van der Waals surface area contributed by atoms with Gasteiger partial charge in [-0.25, -0.2) is 0 Å². The van der Waals surface area contributed by atoms with Crippen LogP contribution in [0.15, 0.2) is 18.2 Å². The second-order valence-corrected chi connectivity index (χ2v) is 6.50. The Hall–Kier alpha value is -1.88. The van der Waals surface area contributed by atoms with Crippen LogP contribution in [-0.2, 0) is 9.53 Å². The van der Waals surface area contributed by atoms with Gasteiger partial charge in [0, 0.05) is 25.2 Å². The van der Waals surface area contributed by atoms with Crippen molar-refractivity contribution >= 4 is 11.9 Å². The van der Waals surface area contributed by atoms with E-state index in [4.69, 9.17) is 4.74 Å². The number of carbonyl (C=O) groups is 2. The minimum atomic E-state index is -0.350. The minimum Gasteiger partial charge on any atom is -0.469 e. The van der Waals surface area contributed by atoms with E-state index in [-0.39, 0.29) is 17.8 Å². The van der Waals surface area contributed by atoms with Crippen LogP contribution in [0, 0.1) is 19.8 Å². The largest absolute Gasteiger partial charge is 0.469 e. The van der Waals surface area contributed by atoms with Gasteiger partial charge in [-0.3, -0.25) is 9.59 Å². The standard InChI is InChI=1S/C20H32N2O3/c1-7-21(8-2)11-12-22(14-17(5)20(24)25-6)19(23)18-10-9-15(3)16(4)13-18/h9-10,13,17H,7-8,11-12,14H2,1-6H3. The molecule has 140 valence electrons. The van der Waals surface area contributed by atoms with Crippen molar-refractivity contribution in [1.29, 1.82) is 0 Å². The smallest absolute Gasteiger partial charge is 0.310 e. The lowest BCUT2D eigenvalue weighted by Gasteiger charge is -2.28. The number of carbonyl (C=O) groups excluding carboxylic acids is 2. The molecule has 1 atom stereocenters. The Morgan fingerprint density at radius 2 is 1.72 bits per heavy atom. The molecule has 5 nitrogen and oxygen atoms in total. The molecule has 0 aliphatic heterocycles.